The second-order valence-electron chi connectivity index (χ2n) is 3.92. The van der Waals surface area contributed by atoms with Crippen molar-refractivity contribution < 1.29 is 47.0 Å². The average Bonchev–Trinajstić information content (AvgIpc) is 2.64. The van der Waals surface area contributed by atoms with Crippen molar-refractivity contribution in [1.82, 2.24) is 0 Å². The van der Waals surface area contributed by atoms with Crippen molar-refractivity contribution in [2.45, 2.75) is 12.8 Å². The topological polar surface area (TPSA) is 43.4 Å². The number of hydrogen-bond donors (Lipinski definition) is 0. The molecule has 4 unspecified atom stereocenters. The van der Waals surface area contributed by atoms with Crippen molar-refractivity contribution >= 4 is 11.9 Å². The van der Waals surface area contributed by atoms with Crippen molar-refractivity contribution in [2.24, 2.45) is 23.7 Å². The molecule has 1 saturated heterocycles. The van der Waals surface area contributed by atoms with E-state index in [0.717, 1.165) is 12.8 Å². The Labute approximate surface area is 101 Å². The Bertz CT molecular complexity index is 250. The second-order valence-corrected chi connectivity index (χ2v) is 3.92. The van der Waals surface area contributed by atoms with Crippen LogP contribution in [0.4, 0.5) is 0 Å². The van der Waals surface area contributed by atoms with Gasteiger partial charge in [-0.3, -0.25) is 9.59 Å². The molecule has 0 aromatic carbocycles. The molecule has 3 fully saturated rings. The summed E-state index contributed by atoms with van der Waals surface area (Å²) in [4.78, 5) is 22.4. The van der Waals surface area contributed by atoms with Crippen LogP contribution in [0.25, 0.3) is 0 Å². The van der Waals surface area contributed by atoms with E-state index in [0.29, 0.717) is 11.8 Å². The van der Waals surface area contributed by atoms with Crippen LogP contribution < -0.4 is 0 Å². The Morgan fingerprint density at radius 2 is 1.92 bits per heavy atom. The predicted octanol–water partition coefficient (Wildman–Crippen LogP) is 0.544. The van der Waals surface area contributed by atoms with Gasteiger partial charge in [-0.15, -0.1) is 0 Å². The van der Waals surface area contributed by atoms with Gasteiger partial charge in [-0.2, -0.15) is 12.3 Å². The summed E-state index contributed by atoms with van der Waals surface area (Å²) in [5.41, 5.74) is 0. The molecule has 1 heterocycles. The first-order chi connectivity index (χ1) is 5.77. The maximum absolute atomic E-state index is 11.2. The molecular weight excluding hydrogens is 245 g/mol. The summed E-state index contributed by atoms with van der Waals surface area (Å²) >= 11 is 0. The summed E-state index contributed by atoms with van der Waals surface area (Å²) in [5.74, 6) is -0.0271. The third kappa shape index (κ3) is 1.16. The molecule has 2 aliphatic carbocycles. The molecule has 0 spiro atoms. The van der Waals surface area contributed by atoms with Gasteiger partial charge in [0, 0.05) is 38.6 Å². The first-order valence-electron chi connectivity index (χ1n) is 4.36. The van der Waals surface area contributed by atoms with Gasteiger partial charge in [-0.25, -0.2) is 0 Å². The summed E-state index contributed by atoms with van der Waals surface area (Å²) in [6.45, 7) is 0. The van der Waals surface area contributed by atoms with Crippen LogP contribution in [0.3, 0.4) is 0 Å². The maximum atomic E-state index is 11.2. The summed E-state index contributed by atoms with van der Waals surface area (Å²) in [6.07, 6.45) is 4.19. The molecule has 1 radical (unpaired) electrons. The largest absolute Gasteiger partial charge is 0.393 e. The SMILES string of the molecule is O=C1OC(=O)C2C3C[CH-]C(C3)C12.[Y]. The molecule has 3 aliphatic rings. The normalized spacial score (nSPS) is 45.8. The fourth-order valence-corrected chi connectivity index (χ4v) is 2.93. The van der Waals surface area contributed by atoms with Crippen LogP contribution in [-0.2, 0) is 47.0 Å². The first kappa shape index (κ1) is 9.79. The van der Waals surface area contributed by atoms with Gasteiger partial charge in [0.05, 0.1) is 5.92 Å². The average molecular weight is 254 g/mol. The van der Waals surface area contributed by atoms with Crippen LogP contribution in [0, 0.1) is 30.1 Å². The first-order valence-corrected chi connectivity index (χ1v) is 4.36. The van der Waals surface area contributed by atoms with E-state index >= 15 is 0 Å². The third-order valence-corrected chi connectivity index (χ3v) is 3.42. The summed E-state index contributed by atoms with van der Waals surface area (Å²) < 4.78 is 4.61. The number of fused-ring (bicyclic) bond motifs is 5. The minimum absolute atomic E-state index is 0. The molecule has 0 aromatic rings. The number of carbonyl (C=O) groups excluding carboxylic acids is 2. The van der Waals surface area contributed by atoms with Gasteiger partial charge < -0.3 is 11.2 Å². The van der Waals surface area contributed by atoms with Crippen molar-refractivity contribution in [3.8, 4) is 0 Å². The molecule has 3 rings (SSSR count). The molecule has 4 heteroatoms. The number of rotatable bonds is 0. The molecule has 67 valence electrons. The van der Waals surface area contributed by atoms with Crippen LogP contribution in [0.2, 0.25) is 0 Å². The number of esters is 2. The van der Waals surface area contributed by atoms with E-state index in [1.165, 1.54) is 0 Å². The Kier molecular flexibility index (Phi) is 2.35. The van der Waals surface area contributed by atoms with Crippen molar-refractivity contribution in [3.63, 3.8) is 0 Å². The zero-order valence-corrected chi connectivity index (χ0v) is 9.94. The van der Waals surface area contributed by atoms with Crippen molar-refractivity contribution in [3.05, 3.63) is 6.42 Å². The summed E-state index contributed by atoms with van der Waals surface area (Å²) in [5, 5.41) is 0. The van der Waals surface area contributed by atoms with Crippen LogP contribution >= 0.6 is 0 Å². The van der Waals surface area contributed by atoms with Crippen molar-refractivity contribution in [1.29, 1.82) is 0 Å². The quantitative estimate of drug-likeness (QED) is 0.360. The molecule has 0 N–H and O–H groups in total. The van der Waals surface area contributed by atoms with E-state index in [9.17, 15) is 9.59 Å². The third-order valence-electron chi connectivity index (χ3n) is 3.42. The molecular formula is C9H9O3Y-. The van der Waals surface area contributed by atoms with Crippen molar-refractivity contribution in [2.75, 3.05) is 0 Å². The summed E-state index contributed by atoms with van der Waals surface area (Å²) in [6, 6.07) is 0. The maximum Gasteiger partial charge on any atom is 0.317 e. The second kappa shape index (κ2) is 3.13. The molecule has 2 bridgehead atoms. The van der Waals surface area contributed by atoms with E-state index in [1.54, 1.807) is 0 Å². The van der Waals surface area contributed by atoms with Gasteiger partial charge in [-0.1, -0.05) is 12.3 Å². The van der Waals surface area contributed by atoms with E-state index < -0.39 is 0 Å². The Hall–Kier alpha value is 0.244. The van der Waals surface area contributed by atoms with E-state index in [2.05, 4.69) is 11.2 Å². The minimum atomic E-state index is -0.284. The number of hydrogen-bond acceptors (Lipinski definition) is 3. The smallest absolute Gasteiger partial charge is 0.317 e. The van der Waals surface area contributed by atoms with Gasteiger partial charge in [0.25, 0.3) is 0 Å². The van der Waals surface area contributed by atoms with Crippen LogP contribution in [0.1, 0.15) is 12.8 Å². The summed E-state index contributed by atoms with van der Waals surface area (Å²) in [7, 11) is 0. The van der Waals surface area contributed by atoms with Gasteiger partial charge >= 0.3 is 11.9 Å². The van der Waals surface area contributed by atoms with E-state index in [4.69, 9.17) is 0 Å². The molecule has 4 atom stereocenters. The Morgan fingerprint density at radius 3 is 2.62 bits per heavy atom. The van der Waals surface area contributed by atoms with Gasteiger partial charge in [0.2, 0.25) is 0 Å². The monoisotopic (exact) mass is 254 g/mol. The number of carbonyl (C=O) groups is 2. The molecule has 13 heavy (non-hydrogen) atoms. The van der Waals surface area contributed by atoms with Crippen LogP contribution in [-0.4, -0.2) is 11.9 Å². The predicted molar refractivity (Wildman–Crippen MR) is 38.6 cm³/mol. The fraction of sp³-hybridized carbons (Fsp3) is 0.667. The van der Waals surface area contributed by atoms with Gasteiger partial charge in [-0.05, 0) is 0 Å². The van der Waals surface area contributed by atoms with Crippen LogP contribution in [0.5, 0.6) is 0 Å². The number of cyclic esters (lactones) is 2. The van der Waals surface area contributed by atoms with E-state index in [-0.39, 0.29) is 56.5 Å². The minimum Gasteiger partial charge on any atom is -0.393 e. The zero-order valence-electron chi connectivity index (χ0n) is 7.10. The molecule has 0 amide bonds. The molecule has 1 aliphatic heterocycles. The molecule has 0 aromatic heterocycles. The van der Waals surface area contributed by atoms with Gasteiger partial charge in [0.15, 0.2) is 0 Å². The van der Waals surface area contributed by atoms with E-state index in [1.807, 2.05) is 0 Å². The Balaban J connectivity index is 0.000000653. The number of ether oxygens (including phenoxy) is 1. The standard InChI is InChI=1S/C9H9O3.Y/c10-8-6-4-1-2-5(3-4)7(6)9(11)12-8;/h1,4-7H,2-3H2;/q-1;. The fourth-order valence-electron chi connectivity index (χ4n) is 2.93. The molecule has 2 saturated carbocycles. The zero-order chi connectivity index (χ0) is 8.29. The Morgan fingerprint density at radius 1 is 1.23 bits per heavy atom. The molecule has 3 nitrogen and oxygen atoms in total. The van der Waals surface area contributed by atoms with Crippen LogP contribution in [0.15, 0.2) is 0 Å². The van der Waals surface area contributed by atoms with Gasteiger partial charge in [0.1, 0.15) is 0 Å².